The van der Waals surface area contributed by atoms with Crippen molar-refractivity contribution in [2.45, 2.75) is 24.9 Å². The molecule has 2 aromatic carbocycles. The fourth-order valence-electron chi connectivity index (χ4n) is 3.04. The number of nitrogens with zero attached hydrogens (tertiary/aromatic N) is 2. The quantitative estimate of drug-likeness (QED) is 0.934. The molecule has 2 aromatic rings. The van der Waals surface area contributed by atoms with E-state index in [0.717, 1.165) is 12.8 Å². The zero-order valence-corrected chi connectivity index (χ0v) is 14.0. The Labute approximate surface area is 147 Å². The first-order valence-electron chi connectivity index (χ1n) is 8.61. The number of benzene rings is 2. The van der Waals surface area contributed by atoms with Gasteiger partial charge in [-0.25, -0.2) is 9.98 Å². The lowest BCUT2D eigenvalue weighted by Gasteiger charge is -2.04. The summed E-state index contributed by atoms with van der Waals surface area (Å²) in [5.41, 5.74) is 2.52. The Morgan fingerprint density at radius 2 is 1.16 bits per heavy atom. The lowest BCUT2D eigenvalue weighted by atomic mass is 10.1. The largest absolute Gasteiger partial charge is 0.463 e. The normalized spacial score (nSPS) is 21.9. The monoisotopic (exact) mass is 335 g/mol. The molecule has 25 heavy (non-hydrogen) atoms. The molecule has 5 heteroatoms. The van der Waals surface area contributed by atoms with E-state index in [-0.39, 0.29) is 12.1 Å². The molecule has 0 saturated carbocycles. The molecule has 2 aliphatic heterocycles. The molecule has 0 amide bonds. The highest BCUT2D eigenvalue weighted by molar-refractivity contribution is 5.94. The summed E-state index contributed by atoms with van der Waals surface area (Å²) in [6.07, 6.45) is 1.74. The van der Waals surface area contributed by atoms with Crippen LogP contribution in [0.1, 0.15) is 11.1 Å². The van der Waals surface area contributed by atoms with Crippen LogP contribution in [0.3, 0.4) is 0 Å². The fraction of sp³-hybridized carbons (Fsp3) is 0.300. The Kier molecular flexibility index (Phi) is 4.63. The van der Waals surface area contributed by atoms with Crippen molar-refractivity contribution in [2.24, 2.45) is 9.98 Å². The van der Waals surface area contributed by atoms with Gasteiger partial charge < -0.3 is 9.47 Å². The minimum Gasteiger partial charge on any atom is -0.463 e. The average Bonchev–Trinajstić information content (AvgIpc) is 3.27. The Balaban J connectivity index is 1.32. The number of rotatable bonds is 4. The van der Waals surface area contributed by atoms with Gasteiger partial charge in [0.1, 0.15) is 13.2 Å². The third-order valence-corrected chi connectivity index (χ3v) is 4.27. The van der Waals surface area contributed by atoms with E-state index in [2.05, 4.69) is 39.6 Å². The van der Waals surface area contributed by atoms with E-state index in [1.807, 2.05) is 36.4 Å². The van der Waals surface area contributed by atoms with Crippen LogP contribution in [0.15, 0.2) is 70.6 Å². The van der Waals surface area contributed by atoms with Crippen molar-refractivity contribution in [1.29, 1.82) is 0 Å². The van der Waals surface area contributed by atoms with Crippen LogP contribution in [0.5, 0.6) is 0 Å². The number of aliphatic imine (C=N–C) groups is 2. The van der Waals surface area contributed by atoms with Crippen LogP contribution < -0.4 is 5.32 Å². The summed E-state index contributed by atoms with van der Waals surface area (Å²) < 4.78 is 11.3. The van der Waals surface area contributed by atoms with Gasteiger partial charge in [0, 0.05) is 0 Å². The van der Waals surface area contributed by atoms with E-state index in [0.29, 0.717) is 25.3 Å². The topological polar surface area (TPSA) is 55.2 Å². The molecule has 5 nitrogen and oxygen atoms in total. The maximum absolute atomic E-state index is 5.63. The Bertz CT molecular complexity index is 694. The molecule has 4 rings (SSSR count). The smallest absolute Gasteiger partial charge is 0.293 e. The lowest BCUT2D eigenvalue weighted by Crippen LogP contribution is -2.30. The average molecular weight is 335 g/mol. The molecule has 0 unspecified atom stereocenters. The molecule has 0 aliphatic carbocycles. The van der Waals surface area contributed by atoms with Crippen LogP contribution in [0.2, 0.25) is 0 Å². The van der Waals surface area contributed by atoms with Crippen molar-refractivity contribution in [3.05, 3.63) is 71.8 Å². The van der Waals surface area contributed by atoms with Crippen LogP contribution in [0.25, 0.3) is 0 Å². The van der Waals surface area contributed by atoms with E-state index in [1.54, 1.807) is 0 Å². The molecular formula is C20H21N3O2. The third-order valence-electron chi connectivity index (χ3n) is 4.27. The summed E-state index contributed by atoms with van der Waals surface area (Å²) in [6.45, 7) is 1.16. The molecule has 0 radical (unpaired) electrons. The molecule has 128 valence electrons. The minimum atomic E-state index is 0.131. The molecule has 0 saturated heterocycles. The second kappa shape index (κ2) is 7.38. The summed E-state index contributed by atoms with van der Waals surface area (Å²) in [7, 11) is 0. The van der Waals surface area contributed by atoms with Gasteiger partial charge in [0.05, 0.1) is 12.1 Å². The minimum absolute atomic E-state index is 0.131. The van der Waals surface area contributed by atoms with E-state index in [4.69, 9.17) is 9.47 Å². The van der Waals surface area contributed by atoms with Gasteiger partial charge in [0.25, 0.3) is 12.0 Å². The summed E-state index contributed by atoms with van der Waals surface area (Å²) in [5, 5.41) is 3.06. The summed E-state index contributed by atoms with van der Waals surface area (Å²) >= 11 is 0. The SMILES string of the molecule is c1ccc(C[C@H]2COC(NC3=N[C@@H](Cc4ccccc4)CO3)=N2)cc1. The van der Waals surface area contributed by atoms with Crippen molar-refractivity contribution in [1.82, 2.24) is 5.32 Å². The molecule has 0 fully saturated rings. The molecule has 0 bridgehead atoms. The summed E-state index contributed by atoms with van der Waals surface area (Å²) in [6, 6.07) is 21.9. The van der Waals surface area contributed by atoms with Gasteiger partial charge in [-0.2, -0.15) is 0 Å². The first-order chi connectivity index (χ1) is 12.3. The summed E-state index contributed by atoms with van der Waals surface area (Å²) in [5.74, 6) is 0. The molecule has 1 N–H and O–H groups in total. The van der Waals surface area contributed by atoms with E-state index < -0.39 is 0 Å². The van der Waals surface area contributed by atoms with E-state index in [1.165, 1.54) is 11.1 Å². The maximum Gasteiger partial charge on any atom is 0.293 e. The van der Waals surface area contributed by atoms with Gasteiger partial charge in [-0.1, -0.05) is 60.7 Å². The van der Waals surface area contributed by atoms with Gasteiger partial charge in [-0.05, 0) is 24.0 Å². The van der Waals surface area contributed by atoms with E-state index in [9.17, 15) is 0 Å². The van der Waals surface area contributed by atoms with Gasteiger partial charge in [0.15, 0.2) is 0 Å². The molecule has 0 aromatic heterocycles. The third kappa shape index (κ3) is 4.18. The molecule has 0 spiro atoms. The Hall–Kier alpha value is -2.82. The highest BCUT2D eigenvalue weighted by Crippen LogP contribution is 2.13. The Morgan fingerprint density at radius 1 is 0.720 bits per heavy atom. The highest BCUT2D eigenvalue weighted by atomic mass is 16.5. The molecular weight excluding hydrogens is 314 g/mol. The van der Waals surface area contributed by atoms with Gasteiger partial charge in [-0.3, -0.25) is 5.32 Å². The van der Waals surface area contributed by atoms with Crippen molar-refractivity contribution in [3.8, 4) is 0 Å². The molecule has 2 atom stereocenters. The van der Waals surface area contributed by atoms with E-state index >= 15 is 0 Å². The number of nitrogens with one attached hydrogen (secondary N) is 1. The van der Waals surface area contributed by atoms with Crippen LogP contribution in [0.4, 0.5) is 0 Å². The van der Waals surface area contributed by atoms with Gasteiger partial charge >= 0.3 is 0 Å². The predicted molar refractivity (Wildman–Crippen MR) is 97.8 cm³/mol. The zero-order chi connectivity index (χ0) is 16.9. The summed E-state index contributed by atoms with van der Waals surface area (Å²) in [4.78, 5) is 9.16. The number of amidine groups is 2. The van der Waals surface area contributed by atoms with Crippen LogP contribution in [-0.2, 0) is 22.3 Å². The van der Waals surface area contributed by atoms with Gasteiger partial charge in [0.2, 0.25) is 0 Å². The first kappa shape index (κ1) is 15.7. The second-order valence-electron chi connectivity index (χ2n) is 6.30. The molecule has 2 aliphatic rings. The number of hydrogen-bond donors (Lipinski definition) is 1. The standard InChI is InChI=1S/C20H21N3O2/c1-3-7-15(8-4-1)11-17-13-24-19(21-17)23-20-22-18(14-25-20)12-16-9-5-2-6-10-16/h1-10,17-18H,11-14H2,(H,21,22,23)/t17-,18-/m0/s1. The molecule has 2 heterocycles. The van der Waals surface area contributed by atoms with Crippen LogP contribution in [-0.4, -0.2) is 37.3 Å². The lowest BCUT2D eigenvalue weighted by molar-refractivity contribution is 0.291. The number of hydrogen-bond acceptors (Lipinski definition) is 5. The number of ether oxygens (including phenoxy) is 2. The fourth-order valence-corrected chi connectivity index (χ4v) is 3.04. The Morgan fingerprint density at radius 3 is 1.60 bits per heavy atom. The van der Waals surface area contributed by atoms with Gasteiger partial charge in [-0.15, -0.1) is 0 Å². The first-order valence-corrected chi connectivity index (χ1v) is 8.61. The van der Waals surface area contributed by atoms with Crippen molar-refractivity contribution < 1.29 is 9.47 Å². The van der Waals surface area contributed by atoms with Crippen molar-refractivity contribution >= 4 is 12.0 Å². The maximum atomic E-state index is 5.63. The highest BCUT2D eigenvalue weighted by Gasteiger charge is 2.24. The van der Waals surface area contributed by atoms with Crippen LogP contribution >= 0.6 is 0 Å². The van der Waals surface area contributed by atoms with Crippen LogP contribution in [0, 0.1) is 0 Å². The predicted octanol–water partition coefficient (Wildman–Crippen LogP) is 2.57. The van der Waals surface area contributed by atoms with Crippen molar-refractivity contribution in [2.75, 3.05) is 13.2 Å². The second-order valence-corrected chi connectivity index (χ2v) is 6.30. The zero-order valence-electron chi connectivity index (χ0n) is 14.0. The van der Waals surface area contributed by atoms with Crippen molar-refractivity contribution in [3.63, 3.8) is 0 Å².